The number of hydrogen-bond donors (Lipinski definition) is 6. The Balaban J connectivity index is 2.68. The Bertz CT molecular complexity index is 1190. The van der Waals surface area contributed by atoms with Gasteiger partial charge in [0.15, 0.2) is 12.4 Å². The number of amides is 1. The molecule has 0 aliphatic carbocycles. The maximum Gasteiger partial charge on any atom is 0.306 e. The van der Waals surface area contributed by atoms with Crippen molar-refractivity contribution < 1.29 is 49.3 Å². The first-order valence-corrected chi connectivity index (χ1v) is 30.0. The van der Waals surface area contributed by atoms with Gasteiger partial charge in [-0.2, -0.15) is 0 Å². The van der Waals surface area contributed by atoms with Crippen LogP contribution >= 0.6 is 0 Å². The van der Waals surface area contributed by atoms with Crippen LogP contribution in [0.25, 0.3) is 0 Å². The number of carbonyl (C=O) groups is 2. The van der Waals surface area contributed by atoms with Crippen molar-refractivity contribution in [1.29, 1.82) is 0 Å². The summed E-state index contributed by atoms with van der Waals surface area (Å²) in [5.41, 5.74) is 0. The second-order valence-electron chi connectivity index (χ2n) is 21.1. The number of aliphatic hydroxyl groups excluding tert-OH is 5. The highest BCUT2D eigenvalue weighted by Crippen LogP contribution is 2.26. The summed E-state index contributed by atoms with van der Waals surface area (Å²) in [6.45, 7) is 5.80. The molecule has 1 saturated heterocycles. The van der Waals surface area contributed by atoms with Gasteiger partial charge in [-0.25, -0.2) is 0 Å². The minimum absolute atomic E-state index is 0.130. The molecular formula is C59H113NO10. The van der Waals surface area contributed by atoms with E-state index in [1.165, 1.54) is 186 Å². The van der Waals surface area contributed by atoms with Gasteiger partial charge < -0.3 is 45.1 Å². The Labute approximate surface area is 429 Å². The Morgan fingerprint density at radius 1 is 0.543 bits per heavy atom. The summed E-state index contributed by atoms with van der Waals surface area (Å²) >= 11 is 0. The van der Waals surface area contributed by atoms with E-state index in [4.69, 9.17) is 14.2 Å². The van der Waals surface area contributed by atoms with Gasteiger partial charge in [-0.3, -0.25) is 9.59 Å². The molecule has 70 heavy (non-hydrogen) atoms. The van der Waals surface area contributed by atoms with E-state index in [0.29, 0.717) is 19.3 Å². The molecule has 1 fully saturated rings. The van der Waals surface area contributed by atoms with Crippen molar-refractivity contribution in [3.8, 4) is 0 Å². The summed E-state index contributed by atoms with van der Waals surface area (Å²) in [6.07, 6.45) is 42.6. The van der Waals surface area contributed by atoms with Gasteiger partial charge in [0.05, 0.1) is 25.4 Å². The highest BCUT2D eigenvalue weighted by atomic mass is 16.7. The van der Waals surface area contributed by atoms with E-state index in [-0.39, 0.29) is 13.0 Å². The van der Waals surface area contributed by atoms with Crippen molar-refractivity contribution in [3.63, 3.8) is 0 Å². The van der Waals surface area contributed by atoms with E-state index in [2.05, 4.69) is 26.1 Å². The summed E-state index contributed by atoms with van der Waals surface area (Å²) in [5.74, 6) is -1.18. The number of rotatable bonds is 51. The molecule has 11 heteroatoms. The van der Waals surface area contributed by atoms with Crippen LogP contribution < -0.4 is 5.32 Å². The maximum absolute atomic E-state index is 13.4. The van der Waals surface area contributed by atoms with Gasteiger partial charge in [0.1, 0.15) is 24.4 Å². The molecule has 0 aromatic carbocycles. The first-order valence-electron chi connectivity index (χ1n) is 30.0. The second kappa shape index (κ2) is 48.3. The van der Waals surface area contributed by atoms with Crippen LogP contribution in [-0.4, -0.2) is 99.6 Å². The molecule has 414 valence electrons. The van der Waals surface area contributed by atoms with Crippen LogP contribution in [0.2, 0.25) is 0 Å². The summed E-state index contributed by atoms with van der Waals surface area (Å²) in [6, 6.07) is -1.01. The Kier molecular flexibility index (Phi) is 45.9. The average Bonchev–Trinajstić information content (AvgIpc) is 3.36. The van der Waals surface area contributed by atoms with Gasteiger partial charge >= 0.3 is 5.97 Å². The van der Waals surface area contributed by atoms with Crippen molar-refractivity contribution >= 4 is 11.9 Å². The highest BCUT2D eigenvalue weighted by molar-refractivity contribution is 5.80. The largest absolute Gasteiger partial charge is 0.454 e. The Morgan fingerprint density at radius 2 is 0.929 bits per heavy atom. The van der Waals surface area contributed by atoms with Crippen LogP contribution in [0.4, 0.5) is 0 Å². The molecular weight excluding hydrogens is 883 g/mol. The maximum atomic E-state index is 13.4. The normalized spacial score (nSPS) is 19.7. The van der Waals surface area contributed by atoms with Crippen molar-refractivity contribution in [2.24, 2.45) is 0 Å². The summed E-state index contributed by atoms with van der Waals surface area (Å²) in [5, 5.41) is 56.8. The number of hydrogen-bond acceptors (Lipinski definition) is 10. The molecule has 8 atom stereocenters. The predicted molar refractivity (Wildman–Crippen MR) is 288 cm³/mol. The molecule has 0 aromatic heterocycles. The molecule has 0 saturated carbocycles. The van der Waals surface area contributed by atoms with E-state index in [1.54, 1.807) is 6.08 Å². The van der Waals surface area contributed by atoms with Gasteiger partial charge in [-0.1, -0.05) is 270 Å². The topological polar surface area (TPSA) is 175 Å². The molecule has 11 nitrogen and oxygen atoms in total. The molecule has 0 spiro atoms. The zero-order chi connectivity index (χ0) is 51.1. The first kappa shape index (κ1) is 66.4. The van der Waals surface area contributed by atoms with Crippen molar-refractivity contribution in [2.75, 3.05) is 13.2 Å². The fourth-order valence-electron chi connectivity index (χ4n) is 9.65. The van der Waals surface area contributed by atoms with Crippen molar-refractivity contribution in [2.45, 2.75) is 339 Å². The third-order valence-corrected chi connectivity index (χ3v) is 14.4. The van der Waals surface area contributed by atoms with E-state index in [0.717, 1.165) is 57.8 Å². The lowest BCUT2D eigenvalue weighted by atomic mass is 9.99. The third kappa shape index (κ3) is 36.3. The van der Waals surface area contributed by atoms with Gasteiger partial charge in [-0.05, 0) is 25.7 Å². The van der Waals surface area contributed by atoms with Crippen molar-refractivity contribution in [1.82, 2.24) is 5.32 Å². The first-order chi connectivity index (χ1) is 34.2. The quantitative estimate of drug-likeness (QED) is 0.0195. The second-order valence-corrected chi connectivity index (χ2v) is 21.1. The molecule has 0 bridgehead atoms. The molecule has 6 N–H and O–H groups in total. The summed E-state index contributed by atoms with van der Waals surface area (Å²) in [7, 11) is 0. The number of aliphatic hydroxyl groups is 5. The Morgan fingerprint density at radius 3 is 1.34 bits per heavy atom. The van der Waals surface area contributed by atoms with Gasteiger partial charge in [0, 0.05) is 6.42 Å². The van der Waals surface area contributed by atoms with E-state index in [1.807, 2.05) is 6.08 Å². The average molecular weight is 997 g/mol. The lowest BCUT2D eigenvalue weighted by molar-refractivity contribution is -0.305. The number of nitrogens with one attached hydrogen (secondary N) is 1. The minimum atomic E-state index is -1.60. The van der Waals surface area contributed by atoms with Crippen molar-refractivity contribution in [3.05, 3.63) is 12.2 Å². The molecule has 1 amide bonds. The van der Waals surface area contributed by atoms with E-state index < -0.39 is 67.4 Å². The molecule has 0 aromatic rings. The lowest BCUT2D eigenvalue weighted by Crippen LogP contribution is -2.61. The minimum Gasteiger partial charge on any atom is -0.454 e. The molecule has 1 aliphatic heterocycles. The fraction of sp³-hybridized carbons (Fsp3) is 0.932. The third-order valence-electron chi connectivity index (χ3n) is 14.4. The van der Waals surface area contributed by atoms with Crippen LogP contribution in [-0.2, 0) is 23.8 Å². The van der Waals surface area contributed by atoms with Gasteiger partial charge in [-0.15, -0.1) is 0 Å². The van der Waals surface area contributed by atoms with Gasteiger partial charge in [0.25, 0.3) is 0 Å². The molecule has 1 heterocycles. The van der Waals surface area contributed by atoms with Crippen LogP contribution in [0.5, 0.6) is 0 Å². The summed E-state index contributed by atoms with van der Waals surface area (Å²) < 4.78 is 17.6. The Hall–Kier alpha value is -1.60. The van der Waals surface area contributed by atoms with Crippen LogP contribution in [0.3, 0.4) is 0 Å². The number of esters is 1. The standard InChI is InChI=1S/C59H113NO10/c1-4-7-10-13-16-19-22-24-25-26-27-28-29-32-34-37-40-43-46-52(63)58(67)60-50(51(62)45-42-39-36-33-31-23-20-17-14-11-8-5-2)49-68-59-57(56(66)55(65)53(48-61)69-59)70-54(64)47-44-41-38-35-30-21-18-15-12-9-6-3/h42,45,50-53,55-57,59,61-63,65-66H,4-41,43-44,46-49H2,1-3H3,(H,60,67)/b45-42+. The predicted octanol–water partition coefficient (Wildman–Crippen LogP) is 13.6. The highest BCUT2D eigenvalue weighted by Gasteiger charge is 2.47. The smallest absolute Gasteiger partial charge is 0.306 e. The molecule has 8 unspecified atom stereocenters. The molecule has 1 rings (SSSR count). The van der Waals surface area contributed by atoms with Crippen LogP contribution in [0, 0.1) is 0 Å². The zero-order valence-corrected chi connectivity index (χ0v) is 45.7. The zero-order valence-electron chi connectivity index (χ0n) is 45.7. The molecule has 1 aliphatic rings. The number of ether oxygens (including phenoxy) is 3. The van der Waals surface area contributed by atoms with E-state index in [9.17, 15) is 35.1 Å². The fourth-order valence-corrected chi connectivity index (χ4v) is 9.65. The molecule has 0 radical (unpaired) electrons. The number of allylic oxidation sites excluding steroid dienone is 1. The monoisotopic (exact) mass is 996 g/mol. The van der Waals surface area contributed by atoms with Crippen LogP contribution in [0.15, 0.2) is 12.2 Å². The number of unbranched alkanes of at least 4 members (excludes halogenated alkanes) is 37. The van der Waals surface area contributed by atoms with E-state index >= 15 is 0 Å². The summed E-state index contributed by atoms with van der Waals surface area (Å²) in [4.78, 5) is 26.4. The van der Waals surface area contributed by atoms with Crippen LogP contribution in [0.1, 0.15) is 290 Å². The lowest BCUT2D eigenvalue weighted by Gasteiger charge is -2.41. The SMILES string of the molecule is CCCCCCCCCCCC/C=C/C(O)C(COC1OC(CO)C(O)C(O)C1OC(=O)CCCCCCCCCCCCC)NC(=O)C(O)CCCCCCCCCCCCCCCCCCCC. The van der Waals surface area contributed by atoms with Gasteiger partial charge in [0.2, 0.25) is 5.91 Å². The number of carbonyl (C=O) groups excluding carboxylic acids is 2.